The van der Waals surface area contributed by atoms with Gasteiger partial charge in [-0.05, 0) is 43.7 Å². The summed E-state index contributed by atoms with van der Waals surface area (Å²) in [5.74, 6) is -0.553. The van der Waals surface area contributed by atoms with Crippen molar-refractivity contribution in [2.24, 2.45) is 5.73 Å². The molecule has 0 bridgehead atoms. The molecule has 2 aromatic rings. The highest BCUT2D eigenvalue weighted by Crippen LogP contribution is 2.39. The van der Waals surface area contributed by atoms with E-state index in [1.807, 2.05) is 0 Å². The SMILES string of the molecule is CC(C)(O)C[N+]1(C)CCc2c(sc(NC(=O)Nc3ccc(Cl)cc3)c2C(N)=O)C1.[I-]. The summed E-state index contributed by atoms with van der Waals surface area (Å²) >= 11 is 7.23. The second-order valence-corrected chi connectivity index (χ2v) is 9.92. The maximum absolute atomic E-state index is 12.4. The van der Waals surface area contributed by atoms with Crippen molar-refractivity contribution in [1.29, 1.82) is 0 Å². The number of nitrogens with one attached hydrogen (secondary N) is 2. The van der Waals surface area contributed by atoms with Gasteiger partial charge in [0.05, 0.1) is 24.0 Å². The summed E-state index contributed by atoms with van der Waals surface area (Å²) in [6.45, 7) is 5.64. The lowest BCUT2D eigenvalue weighted by Crippen LogP contribution is -3.00. The molecule has 0 fully saturated rings. The van der Waals surface area contributed by atoms with E-state index in [0.717, 1.165) is 17.0 Å². The summed E-state index contributed by atoms with van der Waals surface area (Å²) in [5, 5.41) is 16.8. The van der Waals surface area contributed by atoms with Crippen molar-refractivity contribution in [2.75, 3.05) is 30.8 Å². The smallest absolute Gasteiger partial charge is 0.324 e. The van der Waals surface area contributed by atoms with Gasteiger partial charge in [-0.1, -0.05) is 11.6 Å². The van der Waals surface area contributed by atoms with Gasteiger partial charge in [0.25, 0.3) is 5.91 Å². The molecule has 0 saturated carbocycles. The first-order valence-electron chi connectivity index (χ1n) is 9.30. The zero-order chi connectivity index (χ0) is 21.4. The van der Waals surface area contributed by atoms with E-state index in [9.17, 15) is 14.7 Å². The van der Waals surface area contributed by atoms with Gasteiger partial charge >= 0.3 is 6.03 Å². The molecule has 1 aliphatic heterocycles. The topological polar surface area (TPSA) is 104 Å². The number of quaternary nitrogens is 1. The van der Waals surface area contributed by atoms with Gasteiger partial charge in [0.1, 0.15) is 23.7 Å². The molecule has 0 spiro atoms. The number of halogens is 2. The highest BCUT2D eigenvalue weighted by molar-refractivity contribution is 7.17. The Hall–Kier alpha value is -1.40. The molecule has 1 atom stereocenters. The van der Waals surface area contributed by atoms with Crippen LogP contribution < -0.4 is 40.3 Å². The normalized spacial score (nSPS) is 18.2. The van der Waals surface area contributed by atoms with Gasteiger partial charge in [0, 0.05) is 17.1 Å². The van der Waals surface area contributed by atoms with Crippen LogP contribution in [-0.4, -0.2) is 47.3 Å². The van der Waals surface area contributed by atoms with Gasteiger partial charge in [-0.25, -0.2) is 4.79 Å². The first kappa shape index (κ1) is 24.9. The number of hydrogen-bond donors (Lipinski definition) is 4. The number of nitrogens with zero attached hydrogens (tertiary/aromatic N) is 1. The van der Waals surface area contributed by atoms with Crippen molar-refractivity contribution in [3.63, 3.8) is 0 Å². The van der Waals surface area contributed by atoms with Crippen molar-refractivity contribution < 1.29 is 43.2 Å². The quantitative estimate of drug-likeness (QED) is 0.313. The Morgan fingerprint density at radius 3 is 2.47 bits per heavy atom. The maximum Gasteiger partial charge on any atom is 0.324 e. The summed E-state index contributed by atoms with van der Waals surface area (Å²) in [4.78, 5) is 25.6. The first-order valence-corrected chi connectivity index (χ1v) is 10.5. The number of primary amides is 1. The third-order valence-corrected chi connectivity index (χ3v) is 6.25. The molecular formula is C20H26ClIN4O3S. The number of anilines is 2. The van der Waals surface area contributed by atoms with Crippen LogP contribution in [-0.2, 0) is 13.0 Å². The number of carbonyl (C=O) groups excluding carboxylic acids is 2. The number of urea groups is 1. The van der Waals surface area contributed by atoms with Crippen LogP contribution in [0.1, 0.15) is 34.6 Å². The summed E-state index contributed by atoms with van der Waals surface area (Å²) in [5.41, 5.74) is 6.70. The predicted molar refractivity (Wildman–Crippen MR) is 117 cm³/mol. The number of hydrogen-bond acceptors (Lipinski definition) is 4. The van der Waals surface area contributed by atoms with Crippen LogP contribution in [0.15, 0.2) is 24.3 Å². The van der Waals surface area contributed by atoms with E-state index in [2.05, 4.69) is 17.7 Å². The standard InChI is InChI=1S/C20H25ClN4O3S.HI/c1-20(2,28)11-25(3)9-8-14-15(10-25)29-18(16(14)17(22)26)24-19(27)23-13-6-4-12(21)5-7-13;/h4-7,28H,8-11H2,1-3H3,(H3-,22,23,24,26,27);1H. The number of thiophene rings is 1. The summed E-state index contributed by atoms with van der Waals surface area (Å²) in [6.07, 6.45) is 0.664. The van der Waals surface area contributed by atoms with Crippen LogP contribution >= 0.6 is 22.9 Å². The molecule has 0 radical (unpaired) electrons. The molecule has 3 rings (SSSR count). The average molecular weight is 565 g/mol. The molecule has 30 heavy (non-hydrogen) atoms. The van der Waals surface area contributed by atoms with Crippen molar-refractivity contribution in [3.05, 3.63) is 45.3 Å². The molecule has 5 N–H and O–H groups in total. The Kier molecular flexibility index (Phi) is 7.78. The maximum atomic E-state index is 12.4. The molecule has 1 aromatic carbocycles. The molecule has 7 nitrogen and oxygen atoms in total. The van der Waals surface area contributed by atoms with Gasteiger partial charge in [0.2, 0.25) is 0 Å². The molecule has 0 aliphatic carbocycles. The van der Waals surface area contributed by atoms with Gasteiger partial charge in [0.15, 0.2) is 0 Å². The number of nitrogens with two attached hydrogens (primary N) is 1. The number of carbonyl (C=O) groups is 2. The van der Waals surface area contributed by atoms with Crippen molar-refractivity contribution >= 4 is 45.6 Å². The molecule has 164 valence electrons. The molecule has 10 heteroatoms. The molecule has 0 saturated heterocycles. The first-order chi connectivity index (χ1) is 13.5. The zero-order valence-corrected chi connectivity index (χ0v) is 20.8. The lowest BCUT2D eigenvalue weighted by Gasteiger charge is -2.41. The largest absolute Gasteiger partial charge is 1.00 e. The van der Waals surface area contributed by atoms with E-state index >= 15 is 0 Å². The number of rotatable bonds is 5. The van der Waals surface area contributed by atoms with Gasteiger partial charge in [-0.3, -0.25) is 10.1 Å². The monoisotopic (exact) mass is 564 g/mol. The van der Waals surface area contributed by atoms with E-state index in [0.29, 0.717) is 45.3 Å². The second kappa shape index (κ2) is 9.39. The van der Waals surface area contributed by atoms with Crippen molar-refractivity contribution in [3.8, 4) is 0 Å². The van der Waals surface area contributed by atoms with Crippen LogP contribution in [0.5, 0.6) is 0 Å². The molecule has 3 amide bonds. The lowest BCUT2D eigenvalue weighted by atomic mass is 9.98. The van der Waals surface area contributed by atoms with Crippen molar-refractivity contribution in [1.82, 2.24) is 0 Å². The Morgan fingerprint density at radius 1 is 1.27 bits per heavy atom. The zero-order valence-electron chi connectivity index (χ0n) is 17.1. The Morgan fingerprint density at radius 2 is 1.90 bits per heavy atom. The van der Waals surface area contributed by atoms with E-state index in [1.54, 1.807) is 38.1 Å². The van der Waals surface area contributed by atoms with Gasteiger partial charge in [-0.15, -0.1) is 11.3 Å². The number of aliphatic hydroxyl groups is 1. The van der Waals surface area contributed by atoms with E-state index < -0.39 is 17.5 Å². The minimum absolute atomic E-state index is 0. The Bertz CT molecular complexity index is 943. The minimum atomic E-state index is -0.796. The molecule has 1 aliphatic rings. The van der Waals surface area contributed by atoms with Crippen LogP contribution in [0.25, 0.3) is 0 Å². The van der Waals surface area contributed by atoms with E-state index in [-0.39, 0.29) is 24.0 Å². The minimum Gasteiger partial charge on any atom is -1.00 e. The van der Waals surface area contributed by atoms with E-state index in [4.69, 9.17) is 17.3 Å². The fourth-order valence-corrected chi connectivity index (χ4v) is 5.47. The third-order valence-electron chi connectivity index (χ3n) is 4.86. The Labute approximate surface area is 202 Å². The fourth-order valence-electron chi connectivity index (χ4n) is 3.93. The summed E-state index contributed by atoms with van der Waals surface area (Å²) in [7, 11) is 2.09. The molecule has 1 unspecified atom stereocenters. The molecule has 1 aromatic heterocycles. The molecule has 2 heterocycles. The highest BCUT2D eigenvalue weighted by Gasteiger charge is 2.37. The van der Waals surface area contributed by atoms with Gasteiger partial charge < -0.3 is 44.6 Å². The summed E-state index contributed by atoms with van der Waals surface area (Å²) in [6, 6.07) is 6.28. The fraction of sp³-hybridized carbons (Fsp3) is 0.400. The van der Waals surface area contributed by atoms with E-state index in [1.165, 1.54) is 11.3 Å². The average Bonchev–Trinajstić information content (AvgIpc) is 2.91. The number of likely N-dealkylation sites (N-methyl/N-ethyl adjacent to an activating group) is 1. The number of benzene rings is 1. The van der Waals surface area contributed by atoms with Crippen LogP contribution in [0.4, 0.5) is 15.5 Å². The Balaban J connectivity index is 0.00000320. The van der Waals surface area contributed by atoms with Crippen LogP contribution in [0, 0.1) is 0 Å². The number of fused-ring (bicyclic) bond motifs is 1. The van der Waals surface area contributed by atoms with Crippen LogP contribution in [0.3, 0.4) is 0 Å². The lowest BCUT2D eigenvalue weighted by molar-refractivity contribution is -0.929. The second-order valence-electron chi connectivity index (χ2n) is 8.38. The molecular weight excluding hydrogens is 539 g/mol. The number of amides is 3. The van der Waals surface area contributed by atoms with Gasteiger partial charge in [-0.2, -0.15) is 0 Å². The summed E-state index contributed by atoms with van der Waals surface area (Å²) < 4.78 is 0.658. The highest BCUT2D eigenvalue weighted by atomic mass is 127. The predicted octanol–water partition coefficient (Wildman–Crippen LogP) is 0.422. The van der Waals surface area contributed by atoms with Crippen LogP contribution in [0.2, 0.25) is 5.02 Å². The van der Waals surface area contributed by atoms with Crippen molar-refractivity contribution in [2.45, 2.75) is 32.4 Å². The third kappa shape index (κ3) is 6.07.